The number of anilines is 1. The number of ether oxygens (including phenoxy) is 3. The highest BCUT2D eigenvalue weighted by molar-refractivity contribution is 5.77. The van der Waals surface area contributed by atoms with Crippen molar-refractivity contribution >= 4 is 11.6 Å². The summed E-state index contributed by atoms with van der Waals surface area (Å²) in [5.41, 5.74) is 2.42. The summed E-state index contributed by atoms with van der Waals surface area (Å²) in [6.45, 7) is 4.02. The zero-order chi connectivity index (χ0) is 18.9. The van der Waals surface area contributed by atoms with Gasteiger partial charge in [0.15, 0.2) is 6.61 Å². The zero-order valence-electron chi connectivity index (χ0n) is 15.6. The summed E-state index contributed by atoms with van der Waals surface area (Å²) in [4.78, 5) is 14.2. The highest BCUT2D eigenvalue weighted by Crippen LogP contribution is 2.17. The molecule has 1 heterocycles. The SMILES string of the molecule is COc1ccc(OCC(=O)NCCc2ccc(N3CCOCC3)cc2)cc1. The van der Waals surface area contributed by atoms with Gasteiger partial charge in [-0.3, -0.25) is 4.79 Å². The van der Waals surface area contributed by atoms with Crippen molar-refractivity contribution in [2.24, 2.45) is 0 Å². The predicted octanol–water partition coefficient (Wildman–Crippen LogP) is 2.27. The second-order valence-corrected chi connectivity index (χ2v) is 6.33. The molecule has 2 aromatic carbocycles. The molecule has 6 heteroatoms. The van der Waals surface area contributed by atoms with Gasteiger partial charge in [0, 0.05) is 25.3 Å². The maximum absolute atomic E-state index is 11.9. The third-order valence-corrected chi connectivity index (χ3v) is 4.48. The number of hydrogen-bond acceptors (Lipinski definition) is 5. The van der Waals surface area contributed by atoms with Crippen LogP contribution in [0.5, 0.6) is 11.5 Å². The molecular weight excluding hydrogens is 344 g/mol. The molecule has 1 amide bonds. The predicted molar refractivity (Wildman–Crippen MR) is 105 cm³/mol. The minimum Gasteiger partial charge on any atom is -0.497 e. The Morgan fingerprint density at radius 2 is 1.70 bits per heavy atom. The summed E-state index contributed by atoms with van der Waals surface area (Å²) >= 11 is 0. The van der Waals surface area contributed by atoms with Gasteiger partial charge in [-0.1, -0.05) is 12.1 Å². The van der Waals surface area contributed by atoms with Gasteiger partial charge in [-0.15, -0.1) is 0 Å². The van der Waals surface area contributed by atoms with E-state index < -0.39 is 0 Å². The lowest BCUT2D eigenvalue weighted by Crippen LogP contribution is -2.36. The number of morpholine rings is 1. The smallest absolute Gasteiger partial charge is 0.257 e. The third-order valence-electron chi connectivity index (χ3n) is 4.48. The van der Waals surface area contributed by atoms with Gasteiger partial charge in [0.05, 0.1) is 20.3 Å². The van der Waals surface area contributed by atoms with E-state index in [1.165, 1.54) is 11.3 Å². The molecule has 1 N–H and O–H groups in total. The summed E-state index contributed by atoms with van der Waals surface area (Å²) < 4.78 is 15.9. The molecule has 0 saturated carbocycles. The Morgan fingerprint density at radius 1 is 1.04 bits per heavy atom. The van der Waals surface area contributed by atoms with Crippen LogP contribution in [0.4, 0.5) is 5.69 Å². The van der Waals surface area contributed by atoms with Crippen molar-refractivity contribution in [3.8, 4) is 11.5 Å². The van der Waals surface area contributed by atoms with Crippen molar-refractivity contribution < 1.29 is 19.0 Å². The lowest BCUT2D eigenvalue weighted by Gasteiger charge is -2.28. The van der Waals surface area contributed by atoms with E-state index in [0.29, 0.717) is 12.3 Å². The van der Waals surface area contributed by atoms with Crippen molar-refractivity contribution in [1.82, 2.24) is 5.32 Å². The Balaban J connectivity index is 1.36. The highest BCUT2D eigenvalue weighted by atomic mass is 16.5. The first-order valence-corrected chi connectivity index (χ1v) is 9.20. The molecule has 27 heavy (non-hydrogen) atoms. The van der Waals surface area contributed by atoms with Crippen LogP contribution in [0.1, 0.15) is 5.56 Å². The van der Waals surface area contributed by atoms with E-state index >= 15 is 0 Å². The van der Waals surface area contributed by atoms with Crippen molar-refractivity contribution in [2.45, 2.75) is 6.42 Å². The van der Waals surface area contributed by atoms with Crippen LogP contribution in [0, 0.1) is 0 Å². The largest absolute Gasteiger partial charge is 0.497 e. The van der Waals surface area contributed by atoms with E-state index in [9.17, 15) is 4.79 Å². The van der Waals surface area contributed by atoms with E-state index in [0.717, 1.165) is 38.5 Å². The van der Waals surface area contributed by atoms with Gasteiger partial charge in [-0.05, 0) is 48.4 Å². The molecule has 0 aromatic heterocycles. The van der Waals surface area contributed by atoms with Gasteiger partial charge in [-0.25, -0.2) is 0 Å². The Kier molecular flexibility index (Phi) is 6.93. The molecule has 6 nitrogen and oxygen atoms in total. The number of carbonyl (C=O) groups is 1. The zero-order valence-corrected chi connectivity index (χ0v) is 15.6. The summed E-state index contributed by atoms with van der Waals surface area (Å²) in [6.07, 6.45) is 0.789. The van der Waals surface area contributed by atoms with Gasteiger partial charge in [-0.2, -0.15) is 0 Å². The van der Waals surface area contributed by atoms with Gasteiger partial charge >= 0.3 is 0 Å². The van der Waals surface area contributed by atoms with Crippen LogP contribution in [0.3, 0.4) is 0 Å². The van der Waals surface area contributed by atoms with Gasteiger partial charge in [0.2, 0.25) is 0 Å². The average molecular weight is 370 g/mol. The van der Waals surface area contributed by atoms with Gasteiger partial charge in [0.1, 0.15) is 11.5 Å². The first-order chi connectivity index (χ1) is 13.2. The molecule has 1 aliphatic rings. The third kappa shape index (κ3) is 5.89. The number of amides is 1. The topological polar surface area (TPSA) is 60.0 Å². The molecule has 3 rings (SSSR count). The van der Waals surface area contributed by atoms with Crippen LogP contribution in [0.2, 0.25) is 0 Å². The molecule has 0 atom stereocenters. The Bertz CT molecular complexity index is 710. The number of benzene rings is 2. The standard InChI is InChI=1S/C21H26N2O4/c1-25-19-6-8-20(9-7-19)27-16-21(24)22-11-10-17-2-4-18(5-3-17)23-12-14-26-15-13-23/h2-9H,10-16H2,1H3,(H,22,24). The summed E-state index contributed by atoms with van der Waals surface area (Å²) in [6, 6.07) is 15.7. The van der Waals surface area contributed by atoms with E-state index in [4.69, 9.17) is 14.2 Å². The lowest BCUT2D eigenvalue weighted by atomic mass is 10.1. The number of nitrogens with zero attached hydrogens (tertiary/aromatic N) is 1. The van der Waals surface area contributed by atoms with Crippen LogP contribution in [-0.4, -0.2) is 52.5 Å². The van der Waals surface area contributed by atoms with E-state index in [1.54, 1.807) is 31.4 Å². The normalized spacial score (nSPS) is 13.9. The summed E-state index contributed by atoms with van der Waals surface area (Å²) in [7, 11) is 1.61. The van der Waals surface area contributed by atoms with Crippen molar-refractivity contribution in [2.75, 3.05) is 51.5 Å². The monoisotopic (exact) mass is 370 g/mol. The van der Waals surface area contributed by atoms with E-state index in [-0.39, 0.29) is 12.5 Å². The molecular formula is C21H26N2O4. The lowest BCUT2D eigenvalue weighted by molar-refractivity contribution is -0.123. The molecule has 2 aromatic rings. The quantitative estimate of drug-likeness (QED) is 0.772. The number of hydrogen-bond donors (Lipinski definition) is 1. The Morgan fingerprint density at radius 3 is 2.37 bits per heavy atom. The summed E-state index contributed by atoms with van der Waals surface area (Å²) in [5, 5.41) is 2.89. The molecule has 1 saturated heterocycles. The molecule has 0 radical (unpaired) electrons. The number of rotatable bonds is 8. The molecule has 0 unspecified atom stereocenters. The van der Waals surface area contributed by atoms with Crippen LogP contribution < -0.4 is 19.7 Å². The molecule has 1 fully saturated rings. The van der Waals surface area contributed by atoms with Gasteiger partial charge in [0.25, 0.3) is 5.91 Å². The fraction of sp³-hybridized carbons (Fsp3) is 0.381. The number of nitrogens with one attached hydrogen (secondary N) is 1. The van der Waals surface area contributed by atoms with Crippen LogP contribution >= 0.6 is 0 Å². The molecule has 144 valence electrons. The highest BCUT2D eigenvalue weighted by Gasteiger charge is 2.10. The van der Waals surface area contributed by atoms with Crippen LogP contribution in [0.25, 0.3) is 0 Å². The molecule has 1 aliphatic heterocycles. The molecule has 0 bridgehead atoms. The van der Waals surface area contributed by atoms with Crippen molar-refractivity contribution in [1.29, 1.82) is 0 Å². The first-order valence-electron chi connectivity index (χ1n) is 9.20. The van der Waals surface area contributed by atoms with Gasteiger partial charge < -0.3 is 24.4 Å². The molecule has 0 aliphatic carbocycles. The maximum Gasteiger partial charge on any atom is 0.257 e. The molecule has 0 spiro atoms. The first kappa shape index (κ1) is 19.0. The minimum atomic E-state index is -0.129. The fourth-order valence-electron chi connectivity index (χ4n) is 2.91. The van der Waals surface area contributed by atoms with E-state index in [1.807, 2.05) is 0 Å². The number of carbonyl (C=O) groups excluding carboxylic acids is 1. The average Bonchev–Trinajstić information content (AvgIpc) is 2.74. The van der Waals surface area contributed by atoms with Crippen LogP contribution in [0.15, 0.2) is 48.5 Å². The van der Waals surface area contributed by atoms with Crippen LogP contribution in [-0.2, 0) is 16.0 Å². The fourth-order valence-corrected chi connectivity index (χ4v) is 2.91. The maximum atomic E-state index is 11.9. The minimum absolute atomic E-state index is 0.00228. The Labute approximate surface area is 160 Å². The van der Waals surface area contributed by atoms with E-state index in [2.05, 4.69) is 34.5 Å². The second kappa shape index (κ2) is 9.83. The second-order valence-electron chi connectivity index (χ2n) is 6.33. The Hall–Kier alpha value is -2.73. The van der Waals surface area contributed by atoms with Crippen molar-refractivity contribution in [3.05, 3.63) is 54.1 Å². The number of methoxy groups -OCH3 is 1. The summed E-state index contributed by atoms with van der Waals surface area (Å²) in [5.74, 6) is 1.27. The van der Waals surface area contributed by atoms with Crippen molar-refractivity contribution in [3.63, 3.8) is 0 Å².